The molecular formula is C13H10BrN3O5. The van der Waals surface area contributed by atoms with Crippen LogP contribution in [0.25, 0.3) is 0 Å². The van der Waals surface area contributed by atoms with Crippen LogP contribution in [-0.2, 0) is 4.79 Å². The molecule has 0 saturated carbocycles. The van der Waals surface area contributed by atoms with Crippen molar-refractivity contribution >= 4 is 33.7 Å². The zero-order valence-corrected chi connectivity index (χ0v) is 12.6. The molecule has 0 aliphatic heterocycles. The Morgan fingerprint density at radius 2 is 2.27 bits per heavy atom. The van der Waals surface area contributed by atoms with Gasteiger partial charge in [0.15, 0.2) is 11.3 Å². The molecule has 0 saturated heterocycles. The highest BCUT2D eigenvalue weighted by molar-refractivity contribution is 9.10. The van der Waals surface area contributed by atoms with E-state index in [0.29, 0.717) is 10.4 Å². The normalized spacial score (nSPS) is 10.6. The lowest BCUT2D eigenvalue weighted by atomic mass is 10.3. The van der Waals surface area contributed by atoms with Crippen molar-refractivity contribution < 1.29 is 18.9 Å². The molecular weight excluding hydrogens is 358 g/mol. The number of nitro groups is 1. The van der Waals surface area contributed by atoms with Gasteiger partial charge < -0.3 is 9.15 Å². The second kappa shape index (κ2) is 7.36. The second-order valence-electron chi connectivity index (χ2n) is 3.98. The molecule has 0 fully saturated rings. The number of ether oxygens (including phenoxy) is 1. The summed E-state index contributed by atoms with van der Waals surface area (Å²) in [7, 11) is 0. The van der Waals surface area contributed by atoms with Crippen molar-refractivity contribution in [3.05, 3.63) is 56.9 Å². The predicted molar refractivity (Wildman–Crippen MR) is 80.7 cm³/mol. The van der Waals surface area contributed by atoms with E-state index in [9.17, 15) is 14.9 Å². The van der Waals surface area contributed by atoms with Crippen molar-refractivity contribution in [1.29, 1.82) is 0 Å². The molecule has 0 radical (unpaired) electrons. The van der Waals surface area contributed by atoms with Gasteiger partial charge in [0.2, 0.25) is 0 Å². The average Bonchev–Trinajstić information content (AvgIpc) is 2.91. The average molecular weight is 368 g/mol. The van der Waals surface area contributed by atoms with Crippen LogP contribution in [0.2, 0.25) is 0 Å². The summed E-state index contributed by atoms with van der Waals surface area (Å²) in [6, 6.07) is 8.91. The van der Waals surface area contributed by atoms with Crippen molar-refractivity contribution in [2.45, 2.75) is 0 Å². The summed E-state index contributed by atoms with van der Waals surface area (Å²) in [5.74, 6) is 0.184. The fourth-order valence-electron chi connectivity index (χ4n) is 1.43. The zero-order valence-electron chi connectivity index (χ0n) is 11.1. The summed E-state index contributed by atoms with van der Waals surface area (Å²) in [4.78, 5) is 21.6. The highest BCUT2D eigenvalue weighted by Gasteiger charge is 2.07. The molecule has 1 heterocycles. The quantitative estimate of drug-likeness (QED) is 0.479. The van der Waals surface area contributed by atoms with Crippen molar-refractivity contribution in [2.24, 2.45) is 5.10 Å². The first-order valence-electron chi connectivity index (χ1n) is 5.99. The number of furan rings is 1. The molecule has 1 aromatic carbocycles. The predicted octanol–water partition coefficient (Wildman–Crippen LogP) is 2.48. The van der Waals surface area contributed by atoms with Crippen LogP contribution in [0.15, 0.2) is 50.6 Å². The molecule has 8 nitrogen and oxygen atoms in total. The van der Waals surface area contributed by atoms with Crippen LogP contribution in [-0.4, -0.2) is 23.7 Å². The number of nitrogens with one attached hydrogen (secondary N) is 1. The van der Waals surface area contributed by atoms with E-state index >= 15 is 0 Å². The molecule has 0 unspecified atom stereocenters. The largest absolute Gasteiger partial charge is 0.483 e. The lowest BCUT2D eigenvalue weighted by molar-refractivity contribution is -0.384. The third kappa shape index (κ3) is 4.70. The van der Waals surface area contributed by atoms with Gasteiger partial charge in [-0.3, -0.25) is 14.9 Å². The van der Waals surface area contributed by atoms with Gasteiger partial charge in [-0.15, -0.1) is 0 Å². The molecule has 2 aromatic rings. The van der Waals surface area contributed by atoms with Crippen LogP contribution < -0.4 is 10.2 Å². The number of hydrogen-bond acceptors (Lipinski definition) is 6. The molecule has 114 valence electrons. The molecule has 1 aromatic heterocycles. The van der Waals surface area contributed by atoms with E-state index in [1.54, 1.807) is 12.1 Å². The Kier molecular flexibility index (Phi) is 5.26. The van der Waals surface area contributed by atoms with Crippen molar-refractivity contribution in [3.8, 4) is 5.75 Å². The Morgan fingerprint density at radius 3 is 2.95 bits per heavy atom. The molecule has 1 amide bonds. The Bertz CT molecular complexity index is 713. The van der Waals surface area contributed by atoms with Gasteiger partial charge >= 0.3 is 0 Å². The van der Waals surface area contributed by atoms with Gasteiger partial charge in [-0.2, -0.15) is 5.10 Å². The monoisotopic (exact) mass is 367 g/mol. The van der Waals surface area contributed by atoms with E-state index in [2.05, 4.69) is 26.5 Å². The number of nitro benzene ring substituents is 1. The molecule has 0 spiro atoms. The minimum Gasteiger partial charge on any atom is -0.483 e. The summed E-state index contributed by atoms with van der Waals surface area (Å²) in [5, 5.41) is 14.3. The van der Waals surface area contributed by atoms with Crippen molar-refractivity contribution in [2.75, 3.05) is 6.61 Å². The van der Waals surface area contributed by atoms with Crippen LogP contribution in [0.5, 0.6) is 5.75 Å². The van der Waals surface area contributed by atoms with E-state index in [0.717, 1.165) is 0 Å². The molecule has 22 heavy (non-hydrogen) atoms. The fraction of sp³-hybridized carbons (Fsp3) is 0.0769. The maximum absolute atomic E-state index is 11.5. The van der Waals surface area contributed by atoms with E-state index < -0.39 is 10.8 Å². The lowest BCUT2D eigenvalue weighted by Crippen LogP contribution is -2.24. The zero-order chi connectivity index (χ0) is 15.9. The van der Waals surface area contributed by atoms with Crippen LogP contribution in [0.4, 0.5) is 5.69 Å². The molecule has 2 rings (SSSR count). The van der Waals surface area contributed by atoms with Gasteiger partial charge in [-0.05, 0) is 34.1 Å². The Hall–Kier alpha value is -2.68. The number of rotatable bonds is 6. The minimum absolute atomic E-state index is 0.112. The van der Waals surface area contributed by atoms with E-state index in [-0.39, 0.29) is 18.0 Å². The van der Waals surface area contributed by atoms with Gasteiger partial charge in [0.1, 0.15) is 11.5 Å². The maximum atomic E-state index is 11.5. The number of amides is 1. The summed E-state index contributed by atoms with van der Waals surface area (Å²) >= 11 is 3.14. The standard InChI is InChI=1S/C13H10BrN3O5/c14-12-5-4-11(22-12)7-15-16-13(18)8-21-10-3-1-2-9(6-10)17(19)20/h1-7H,8H2,(H,16,18). The lowest BCUT2D eigenvalue weighted by Gasteiger charge is -2.04. The SMILES string of the molecule is O=C(COc1cccc([N+](=O)[O-])c1)NN=Cc1ccc(Br)o1. The molecule has 9 heteroatoms. The summed E-state index contributed by atoms with van der Waals surface area (Å²) in [6.07, 6.45) is 1.33. The molecule has 0 atom stereocenters. The third-order valence-corrected chi connectivity index (χ3v) is 2.80. The highest BCUT2D eigenvalue weighted by Crippen LogP contribution is 2.18. The molecule has 0 aliphatic carbocycles. The van der Waals surface area contributed by atoms with Gasteiger partial charge in [-0.25, -0.2) is 5.43 Å². The van der Waals surface area contributed by atoms with E-state index in [4.69, 9.17) is 9.15 Å². The number of halogens is 1. The third-order valence-electron chi connectivity index (χ3n) is 2.37. The molecule has 1 N–H and O–H groups in total. The first-order chi connectivity index (χ1) is 10.5. The maximum Gasteiger partial charge on any atom is 0.277 e. The Balaban J connectivity index is 1.81. The number of hydrogen-bond donors (Lipinski definition) is 1. The van der Waals surface area contributed by atoms with Gasteiger partial charge in [0.25, 0.3) is 11.6 Å². The van der Waals surface area contributed by atoms with Crippen LogP contribution in [0.1, 0.15) is 5.76 Å². The van der Waals surface area contributed by atoms with Gasteiger partial charge in [-0.1, -0.05) is 6.07 Å². The number of carbonyl (C=O) groups excluding carboxylic acids is 1. The summed E-state index contributed by atoms with van der Waals surface area (Å²) in [5.41, 5.74) is 2.13. The second-order valence-corrected chi connectivity index (χ2v) is 4.76. The smallest absolute Gasteiger partial charge is 0.277 e. The fourth-order valence-corrected chi connectivity index (χ4v) is 1.75. The number of nitrogens with zero attached hydrogens (tertiary/aromatic N) is 2. The van der Waals surface area contributed by atoms with Crippen molar-refractivity contribution in [3.63, 3.8) is 0 Å². The molecule has 0 bridgehead atoms. The first-order valence-corrected chi connectivity index (χ1v) is 6.78. The minimum atomic E-state index is -0.543. The van der Waals surface area contributed by atoms with Crippen LogP contribution in [0.3, 0.4) is 0 Å². The highest BCUT2D eigenvalue weighted by atomic mass is 79.9. The Morgan fingerprint density at radius 1 is 1.45 bits per heavy atom. The van der Waals surface area contributed by atoms with E-state index in [1.165, 1.54) is 30.5 Å². The number of hydrazone groups is 1. The number of benzene rings is 1. The number of carbonyl (C=O) groups is 1. The Labute approximate surface area is 133 Å². The summed E-state index contributed by atoms with van der Waals surface area (Å²) < 4.78 is 10.8. The first kappa shape index (κ1) is 15.7. The van der Waals surface area contributed by atoms with Crippen LogP contribution >= 0.6 is 15.9 Å². The molecule has 0 aliphatic rings. The van der Waals surface area contributed by atoms with Crippen molar-refractivity contribution in [1.82, 2.24) is 5.43 Å². The van der Waals surface area contributed by atoms with E-state index in [1.807, 2.05) is 0 Å². The number of non-ortho nitro benzene ring substituents is 1. The van der Waals surface area contributed by atoms with Crippen LogP contribution in [0, 0.1) is 10.1 Å². The van der Waals surface area contributed by atoms with Gasteiger partial charge in [0.05, 0.1) is 17.2 Å². The summed E-state index contributed by atoms with van der Waals surface area (Å²) in [6.45, 7) is -0.319. The van der Waals surface area contributed by atoms with Gasteiger partial charge in [0, 0.05) is 6.07 Å². The topological polar surface area (TPSA) is 107 Å².